The van der Waals surface area contributed by atoms with Crippen LogP contribution < -0.4 is 5.73 Å². The second kappa shape index (κ2) is 6.30. The summed E-state index contributed by atoms with van der Waals surface area (Å²) >= 11 is 0. The van der Waals surface area contributed by atoms with Crippen molar-refractivity contribution in [2.45, 2.75) is 38.5 Å². The summed E-state index contributed by atoms with van der Waals surface area (Å²) in [5.74, 6) is 1.05. The zero-order chi connectivity index (χ0) is 14.8. The van der Waals surface area contributed by atoms with E-state index < -0.39 is 10.0 Å². The van der Waals surface area contributed by atoms with E-state index in [2.05, 4.69) is 0 Å². The number of nitrogens with two attached hydrogens (primary N) is 1. The molecule has 0 aromatic rings. The largest absolute Gasteiger partial charge is 0.396 e. The molecule has 2 aliphatic rings. The molecule has 2 unspecified atom stereocenters. The van der Waals surface area contributed by atoms with Crippen LogP contribution in [-0.2, 0) is 10.0 Å². The lowest BCUT2D eigenvalue weighted by Gasteiger charge is -2.38. The van der Waals surface area contributed by atoms with Crippen molar-refractivity contribution in [1.29, 1.82) is 0 Å². The van der Waals surface area contributed by atoms with Gasteiger partial charge >= 0.3 is 0 Å². The molecule has 3 N–H and O–H groups in total. The summed E-state index contributed by atoms with van der Waals surface area (Å²) in [6.45, 7) is 1.84. The van der Waals surface area contributed by atoms with Gasteiger partial charge in [-0.1, -0.05) is 12.8 Å². The Labute approximate surface area is 122 Å². The van der Waals surface area contributed by atoms with Gasteiger partial charge in [-0.2, -0.15) is 0 Å². The first-order chi connectivity index (χ1) is 9.38. The standard InChI is InChI=1S/C14H28N2O3S/c1-20(18,19)16-6-2-3-13(9-16)8-14(10-15,11-17)7-12-4-5-12/h12-13,17H,2-11,15H2,1H3. The highest BCUT2D eigenvalue weighted by Gasteiger charge is 2.39. The quantitative estimate of drug-likeness (QED) is 0.728. The molecular formula is C14H28N2O3S. The first kappa shape index (κ1) is 16.2. The van der Waals surface area contributed by atoms with Crippen LogP contribution in [0, 0.1) is 17.3 Å². The Morgan fingerprint density at radius 1 is 1.25 bits per heavy atom. The van der Waals surface area contributed by atoms with Crippen molar-refractivity contribution >= 4 is 10.0 Å². The second-order valence-corrected chi connectivity index (χ2v) is 8.83. The van der Waals surface area contributed by atoms with Crippen LogP contribution in [0.15, 0.2) is 0 Å². The van der Waals surface area contributed by atoms with E-state index in [9.17, 15) is 13.5 Å². The average Bonchev–Trinajstić information content (AvgIpc) is 3.21. The zero-order valence-corrected chi connectivity index (χ0v) is 13.2. The van der Waals surface area contributed by atoms with Gasteiger partial charge < -0.3 is 10.8 Å². The first-order valence-electron chi connectivity index (χ1n) is 7.64. The SMILES string of the molecule is CS(=O)(=O)N1CCCC(CC(CN)(CO)CC2CC2)C1. The van der Waals surface area contributed by atoms with Crippen LogP contribution in [0.1, 0.15) is 38.5 Å². The maximum absolute atomic E-state index is 11.7. The fourth-order valence-corrected chi connectivity index (χ4v) is 4.43. The molecule has 6 heteroatoms. The Balaban J connectivity index is 1.98. The van der Waals surface area contributed by atoms with E-state index in [0.717, 1.165) is 31.6 Å². The minimum atomic E-state index is -3.10. The van der Waals surface area contributed by atoms with Crippen LogP contribution in [0.2, 0.25) is 0 Å². The summed E-state index contributed by atoms with van der Waals surface area (Å²) < 4.78 is 24.9. The van der Waals surface area contributed by atoms with E-state index in [-0.39, 0.29) is 12.0 Å². The molecule has 5 nitrogen and oxygen atoms in total. The fraction of sp³-hybridized carbons (Fsp3) is 1.00. The molecule has 0 amide bonds. The lowest BCUT2D eigenvalue weighted by Crippen LogP contribution is -2.43. The third-order valence-electron chi connectivity index (χ3n) is 4.86. The van der Waals surface area contributed by atoms with Crippen molar-refractivity contribution in [2.24, 2.45) is 23.0 Å². The van der Waals surface area contributed by atoms with E-state index in [1.54, 1.807) is 4.31 Å². The number of hydrogen-bond acceptors (Lipinski definition) is 4. The molecule has 1 aliphatic heterocycles. The Kier molecular flexibility index (Phi) is 5.10. The smallest absolute Gasteiger partial charge is 0.211 e. The molecule has 2 fully saturated rings. The molecule has 118 valence electrons. The van der Waals surface area contributed by atoms with Crippen LogP contribution >= 0.6 is 0 Å². The van der Waals surface area contributed by atoms with Gasteiger partial charge in [0.1, 0.15) is 0 Å². The number of piperidine rings is 1. The molecule has 2 rings (SSSR count). The highest BCUT2D eigenvalue weighted by molar-refractivity contribution is 7.88. The van der Waals surface area contributed by atoms with Gasteiger partial charge in [0.05, 0.1) is 6.26 Å². The van der Waals surface area contributed by atoms with E-state index in [1.807, 2.05) is 0 Å². The summed E-state index contributed by atoms with van der Waals surface area (Å²) in [6.07, 6.45) is 7.58. The van der Waals surface area contributed by atoms with E-state index in [4.69, 9.17) is 5.73 Å². The van der Waals surface area contributed by atoms with E-state index in [0.29, 0.717) is 25.6 Å². The predicted octanol–water partition coefficient (Wildman–Crippen LogP) is 0.786. The van der Waals surface area contributed by atoms with Crippen molar-refractivity contribution in [3.8, 4) is 0 Å². The summed E-state index contributed by atoms with van der Waals surface area (Å²) in [5, 5.41) is 9.80. The lowest BCUT2D eigenvalue weighted by atomic mass is 9.74. The summed E-state index contributed by atoms with van der Waals surface area (Å²) in [7, 11) is -3.10. The van der Waals surface area contributed by atoms with Crippen LogP contribution in [0.25, 0.3) is 0 Å². The van der Waals surface area contributed by atoms with Gasteiger partial charge in [-0.05, 0) is 37.5 Å². The summed E-state index contributed by atoms with van der Waals surface area (Å²) in [6, 6.07) is 0. The van der Waals surface area contributed by atoms with Crippen molar-refractivity contribution in [3.05, 3.63) is 0 Å². The Bertz CT molecular complexity index is 416. The third-order valence-corrected chi connectivity index (χ3v) is 6.13. The molecule has 1 saturated carbocycles. The molecule has 1 heterocycles. The summed E-state index contributed by atoms with van der Waals surface area (Å²) in [5.41, 5.74) is 5.74. The number of sulfonamides is 1. The molecule has 1 saturated heterocycles. The van der Waals surface area contributed by atoms with Crippen LogP contribution in [0.5, 0.6) is 0 Å². The summed E-state index contributed by atoms with van der Waals surface area (Å²) in [4.78, 5) is 0. The monoisotopic (exact) mass is 304 g/mol. The Morgan fingerprint density at radius 2 is 1.90 bits per heavy atom. The Morgan fingerprint density at radius 3 is 2.40 bits per heavy atom. The van der Waals surface area contributed by atoms with Crippen molar-refractivity contribution in [3.63, 3.8) is 0 Å². The maximum Gasteiger partial charge on any atom is 0.211 e. The number of rotatable bonds is 7. The van der Waals surface area contributed by atoms with Gasteiger partial charge in [-0.25, -0.2) is 12.7 Å². The average molecular weight is 304 g/mol. The van der Waals surface area contributed by atoms with Gasteiger partial charge in [-0.15, -0.1) is 0 Å². The van der Waals surface area contributed by atoms with Crippen LogP contribution in [0.3, 0.4) is 0 Å². The van der Waals surface area contributed by atoms with Crippen LogP contribution in [-0.4, -0.2) is 50.3 Å². The highest BCUT2D eigenvalue weighted by atomic mass is 32.2. The third kappa shape index (κ3) is 4.16. The van der Waals surface area contributed by atoms with Gasteiger partial charge in [0.15, 0.2) is 0 Å². The Hall–Kier alpha value is -0.170. The molecule has 0 aromatic heterocycles. The predicted molar refractivity (Wildman–Crippen MR) is 79.7 cm³/mol. The fourth-order valence-electron chi connectivity index (χ4n) is 3.49. The topological polar surface area (TPSA) is 83.6 Å². The van der Waals surface area contributed by atoms with Crippen molar-refractivity contribution in [1.82, 2.24) is 4.31 Å². The molecular weight excluding hydrogens is 276 g/mol. The molecule has 0 aromatic carbocycles. The van der Waals surface area contributed by atoms with Gasteiger partial charge in [-0.3, -0.25) is 0 Å². The maximum atomic E-state index is 11.7. The molecule has 1 aliphatic carbocycles. The first-order valence-corrected chi connectivity index (χ1v) is 9.49. The normalized spacial score (nSPS) is 28.2. The van der Waals surface area contributed by atoms with Gasteiger partial charge in [0.2, 0.25) is 10.0 Å². The molecule has 0 bridgehead atoms. The highest BCUT2D eigenvalue weighted by Crippen LogP contribution is 2.43. The van der Waals surface area contributed by atoms with Gasteiger partial charge in [0.25, 0.3) is 0 Å². The van der Waals surface area contributed by atoms with Crippen molar-refractivity contribution in [2.75, 3.05) is 32.5 Å². The minimum Gasteiger partial charge on any atom is -0.396 e. The molecule has 0 spiro atoms. The van der Waals surface area contributed by atoms with E-state index in [1.165, 1.54) is 19.1 Å². The lowest BCUT2D eigenvalue weighted by molar-refractivity contribution is 0.0745. The molecule has 20 heavy (non-hydrogen) atoms. The van der Waals surface area contributed by atoms with Crippen LogP contribution in [0.4, 0.5) is 0 Å². The minimum absolute atomic E-state index is 0.120. The number of aliphatic hydroxyl groups is 1. The van der Waals surface area contributed by atoms with E-state index >= 15 is 0 Å². The zero-order valence-electron chi connectivity index (χ0n) is 12.4. The molecule has 0 radical (unpaired) electrons. The number of hydrogen-bond donors (Lipinski definition) is 2. The second-order valence-electron chi connectivity index (χ2n) is 6.84. The van der Waals surface area contributed by atoms with Gasteiger partial charge in [0, 0.05) is 31.7 Å². The number of aliphatic hydroxyl groups excluding tert-OH is 1. The van der Waals surface area contributed by atoms with Crippen molar-refractivity contribution < 1.29 is 13.5 Å². The number of nitrogens with zero attached hydrogens (tertiary/aromatic N) is 1. The molecule has 2 atom stereocenters.